The molecule has 0 radical (unpaired) electrons. The lowest BCUT2D eigenvalue weighted by molar-refractivity contribution is 0.207. The van der Waals surface area contributed by atoms with Crippen LogP contribution in [0.4, 0.5) is 0 Å². The minimum Gasteiger partial charge on any atom is -0.493 e. The molecule has 2 atom stereocenters. The number of hydrogen-bond donors (Lipinski definition) is 0. The highest BCUT2D eigenvalue weighted by Gasteiger charge is 2.35. The van der Waals surface area contributed by atoms with Gasteiger partial charge in [-0.2, -0.15) is 0 Å². The average Bonchev–Trinajstić information content (AvgIpc) is 2.53. The molecule has 3 rings (SSSR count). The second-order valence-electron chi connectivity index (χ2n) is 6.09. The number of nitrogens with zero attached hydrogens (tertiary/aromatic N) is 1. The Kier molecular flexibility index (Phi) is 4.13. The van der Waals surface area contributed by atoms with Gasteiger partial charge in [0.15, 0.2) is 11.5 Å². The smallest absolute Gasteiger partial charge is 0.157 e. The van der Waals surface area contributed by atoms with Crippen LogP contribution in [-0.2, 0) is 9.47 Å². The fourth-order valence-electron chi connectivity index (χ4n) is 3.90. The van der Waals surface area contributed by atoms with Gasteiger partial charge < -0.3 is 9.47 Å². The van der Waals surface area contributed by atoms with Gasteiger partial charge in [0.1, 0.15) is 0 Å². The average molecular weight is 275 g/mol. The Hall–Kier alpha value is -1.25. The van der Waals surface area contributed by atoms with Crippen LogP contribution in [-0.4, -0.2) is 26.5 Å². The van der Waals surface area contributed by atoms with Gasteiger partial charge in [0.2, 0.25) is 0 Å². The van der Waals surface area contributed by atoms with E-state index >= 15 is 0 Å². The van der Waals surface area contributed by atoms with Crippen LogP contribution < -0.4 is 0 Å². The second kappa shape index (κ2) is 6.02. The molecule has 3 aliphatic rings. The molecule has 1 aliphatic heterocycles. The fourth-order valence-corrected chi connectivity index (χ4v) is 3.90. The van der Waals surface area contributed by atoms with E-state index in [4.69, 9.17) is 14.5 Å². The van der Waals surface area contributed by atoms with E-state index in [-0.39, 0.29) is 0 Å². The van der Waals surface area contributed by atoms with Crippen molar-refractivity contribution in [2.24, 2.45) is 22.7 Å². The molecule has 1 heterocycles. The zero-order valence-electron chi connectivity index (χ0n) is 12.6. The summed E-state index contributed by atoms with van der Waals surface area (Å²) in [4.78, 5) is 4.90. The topological polar surface area (TPSA) is 30.8 Å². The normalized spacial score (nSPS) is 30.8. The molecule has 110 valence electrons. The molecular weight excluding hydrogens is 250 g/mol. The molecule has 0 aromatic rings. The van der Waals surface area contributed by atoms with Gasteiger partial charge in [0.25, 0.3) is 0 Å². The maximum atomic E-state index is 5.49. The summed E-state index contributed by atoms with van der Waals surface area (Å²) >= 11 is 0. The third-order valence-corrected chi connectivity index (χ3v) is 4.96. The maximum Gasteiger partial charge on any atom is 0.157 e. The van der Waals surface area contributed by atoms with Gasteiger partial charge in [-0.3, -0.25) is 4.99 Å². The minimum absolute atomic E-state index is 0.431. The van der Waals surface area contributed by atoms with E-state index in [2.05, 4.69) is 12.2 Å². The summed E-state index contributed by atoms with van der Waals surface area (Å²) in [6.45, 7) is 0.969. The molecule has 0 N–H and O–H groups in total. The molecule has 2 unspecified atom stereocenters. The van der Waals surface area contributed by atoms with Crippen molar-refractivity contribution in [3.63, 3.8) is 0 Å². The van der Waals surface area contributed by atoms with Gasteiger partial charge in [0, 0.05) is 18.2 Å². The number of methoxy groups -OCH3 is 2. The van der Waals surface area contributed by atoms with Gasteiger partial charge in [-0.05, 0) is 43.3 Å². The quantitative estimate of drug-likeness (QED) is 0.786. The summed E-state index contributed by atoms with van der Waals surface area (Å²) in [5.41, 5.74) is 1.43. The third kappa shape index (κ3) is 2.50. The van der Waals surface area contributed by atoms with Crippen molar-refractivity contribution in [2.75, 3.05) is 20.8 Å². The van der Waals surface area contributed by atoms with Crippen molar-refractivity contribution < 1.29 is 9.47 Å². The van der Waals surface area contributed by atoms with Crippen LogP contribution in [0.5, 0.6) is 0 Å². The van der Waals surface area contributed by atoms with E-state index in [1.54, 1.807) is 14.2 Å². The van der Waals surface area contributed by atoms with E-state index in [1.807, 2.05) is 0 Å². The Morgan fingerprint density at radius 1 is 0.950 bits per heavy atom. The molecule has 0 bridgehead atoms. The highest BCUT2D eigenvalue weighted by atomic mass is 16.5. The summed E-state index contributed by atoms with van der Waals surface area (Å²) in [6.07, 6.45) is 12.4. The molecule has 1 fully saturated rings. The first-order chi connectivity index (χ1) is 9.83. The number of rotatable bonds is 3. The Morgan fingerprint density at radius 2 is 1.65 bits per heavy atom. The SMILES string of the molecule is COC1=CC2CCN=C(C3CCCCC3)C2C=C1OC. The van der Waals surface area contributed by atoms with E-state index in [1.165, 1.54) is 37.8 Å². The molecule has 2 aliphatic carbocycles. The molecule has 20 heavy (non-hydrogen) atoms. The number of fused-ring (bicyclic) bond motifs is 1. The fraction of sp³-hybridized carbons (Fsp3) is 0.706. The summed E-state index contributed by atoms with van der Waals surface area (Å²) in [7, 11) is 3.44. The molecule has 0 saturated heterocycles. The Morgan fingerprint density at radius 3 is 2.35 bits per heavy atom. The molecule has 0 aromatic carbocycles. The standard InChI is InChI=1S/C17H25NO2/c1-19-15-10-13-8-9-18-17(12-6-4-3-5-7-12)14(13)11-16(15)20-2/h10-14H,3-9H2,1-2H3. The van der Waals surface area contributed by atoms with Crippen LogP contribution in [0.2, 0.25) is 0 Å². The van der Waals surface area contributed by atoms with Crippen LogP contribution in [0.1, 0.15) is 38.5 Å². The van der Waals surface area contributed by atoms with Crippen LogP contribution in [0.25, 0.3) is 0 Å². The minimum atomic E-state index is 0.431. The van der Waals surface area contributed by atoms with E-state index < -0.39 is 0 Å². The molecular formula is C17H25NO2. The first-order valence-electron chi connectivity index (χ1n) is 7.89. The zero-order chi connectivity index (χ0) is 13.9. The molecule has 0 amide bonds. The highest BCUT2D eigenvalue weighted by molar-refractivity contribution is 5.92. The lowest BCUT2D eigenvalue weighted by Gasteiger charge is -2.36. The summed E-state index contributed by atoms with van der Waals surface area (Å²) in [5.74, 6) is 3.43. The zero-order valence-corrected chi connectivity index (χ0v) is 12.6. The Bertz CT molecular complexity index is 444. The van der Waals surface area contributed by atoms with Crippen molar-refractivity contribution in [2.45, 2.75) is 38.5 Å². The van der Waals surface area contributed by atoms with Crippen molar-refractivity contribution in [1.29, 1.82) is 0 Å². The Balaban J connectivity index is 1.85. The van der Waals surface area contributed by atoms with Crippen molar-refractivity contribution in [3.8, 4) is 0 Å². The molecule has 1 saturated carbocycles. The van der Waals surface area contributed by atoms with E-state index in [0.29, 0.717) is 17.8 Å². The predicted octanol–water partition coefficient (Wildman–Crippen LogP) is 3.72. The lowest BCUT2D eigenvalue weighted by atomic mass is 9.72. The molecule has 0 spiro atoms. The van der Waals surface area contributed by atoms with Crippen LogP contribution in [0, 0.1) is 17.8 Å². The summed E-state index contributed by atoms with van der Waals surface area (Å²) < 4.78 is 10.9. The highest BCUT2D eigenvalue weighted by Crippen LogP contribution is 2.38. The van der Waals surface area contributed by atoms with Gasteiger partial charge in [-0.15, -0.1) is 0 Å². The van der Waals surface area contributed by atoms with Gasteiger partial charge >= 0.3 is 0 Å². The van der Waals surface area contributed by atoms with E-state index in [0.717, 1.165) is 24.5 Å². The predicted molar refractivity (Wildman–Crippen MR) is 80.7 cm³/mol. The maximum absolute atomic E-state index is 5.49. The second-order valence-corrected chi connectivity index (χ2v) is 6.09. The Labute approximate surface area is 121 Å². The van der Waals surface area contributed by atoms with Gasteiger partial charge in [-0.25, -0.2) is 0 Å². The van der Waals surface area contributed by atoms with Gasteiger partial charge in [-0.1, -0.05) is 19.3 Å². The molecule has 3 nitrogen and oxygen atoms in total. The molecule has 3 heteroatoms. The van der Waals surface area contributed by atoms with Crippen molar-refractivity contribution >= 4 is 5.71 Å². The number of ether oxygens (including phenoxy) is 2. The third-order valence-electron chi connectivity index (χ3n) is 4.96. The van der Waals surface area contributed by atoms with Crippen LogP contribution in [0.15, 0.2) is 28.7 Å². The van der Waals surface area contributed by atoms with Gasteiger partial charge in [0.05, 0.1) is 14.2 Å². The number of allylic oxidation sites excluding steroid dienone is 2. The monoisotopic (exact) mass is 275 g/mol. The van der Waals surface area contributed by atoms with E-state index in [9.17, 15) is 0 Å². The summed E-state index contributed by atoms with van der Waals surface area (Å²) in [6, 6.07) is 0. The van der Waals surface area contributed by atoms with Crippen molar-refractivity contribution in [3.05, 3.63) is 23.7 Å². The van der Waals surface area contributed by atoms with Crippen LogP contribution in [0.3, 0.4) is 0 Å². The lowest BCUT2D eigenvalue weighted by Crippen LogP contribution is -2.35. The van der Waals surface area contributed by atoms with Crippen LogP contribution >= 0.6 is 0 Å². The first kappa shape index (κ1) is 13.7. The first-order valence-corrected chi connectivity index (χ1v) is 7.89. The summed E-state index contributed by atoms with van der Waals surface area (Å²) in [5, 5.41) is 0. The largest absolute Gasteiger partial charge is 0.493 e. The number of aliphatic imine (C=N–C) groups is 1. The molecule has 0 aromatic heterocycles. The van der Waals surface area contributed by atoms with Crippen molar-refractivity contribution in [1.82, 2.24) is 0 Å². The number of hydrogen-bond acceptors (Lipinski definition) is 3.